The number of nitrogens with zero attached hydrogens (tertiary/aromatic N) is 6. The second kappa shape index (κ2) is 18.9. The zero-order valence-corrected chi connectivity index (χ0v) is 39.4. The highest BCUT2D eigenvalue weighted by Crippen LogP contribution is 2.42. The van der Waals surface area contributed by atoms with Gasteiger partial charge >= 0.3 is 5.69 Å². The molecule has 4 fully saturated rings. The fourth-order valence-corrected chi connectivity index (χ4v) is 11.5. The third-order valence-electron chi connectivity index (χ3n) is 15.2. The number of hydrogen-bond donors (Lipinski definition) is 4. The van der Waals surface area contributed by atoms with Crippen molar-refractivity contribution in [2.24, 2.45) is 13.0 Å². The molecule has 6 heterocycles. The zero-order chi connectivity index (χ0) is 48.1. The maximum atomic E-state index is 17.2. The van der Waals surface area contributed by atoms with Crippen LogP contribution < -0.4 is 41.9 Å². The van der Waals surface area contributed by atoms with Crippen molar-refractivity contribution in [2.45, 2.75) is 82.3 Å². The van der Waals surface area contributed by atoms with Crippen LogP contribution in [0.2, 0.25) is 0 Å². The average molecular weight is 939 g/mol. The number of piperidine rings is 3. The summed E-state index contributed by atoms with van der Waals surface area (Å²) in [6.45, 7) is 4.30. The number of rotatable bonds is 11. The molecule has 69 heavy (non-hydrogen) atoms. The molecule has 1 aromatic heterocycles. The van der Waals surface area contributed by atoms with E-state index in [1.54, 1.807) is 58.6 Å². The van der Waals surface area contributed by atoms with Crippen molar-refractivity contribution in [3.05, 3.63) is 106 Å². The van der Waals surface area contributed by atoms with Crippen molar-refractivity contribution < 1.29 is 28.4 Å². The van der Waals surface area contributed by atoms with Crippen LogP contribution in [0.1, 0.15) is 91.4 Å². The minimum Gasteiger partial charge on any atom is -0.370 e. The second-order valence-electron chi connectivity index (χ2n) is 19.2. The Kier molecular flexibility index (Phi) is 12.6. The highest BCUT2D eigenvalue weighted by atomic mass is 19.1. The number of para-hydroxylation sites is 1. The Balaban J connectivity index is 0.815. The van der Waals surface area contributed by atoms with Gasteiger partial charge in [0, 0.05) is 87.7 Å². The number of imide groups is 1. The molecule has 5 aliphatic rings. The number of carbonyl (C=O) groups excluding carboxylic acids is 5. The van der Waals surface area contributed by atoms with Crippen molar-refractivity contribution in [2.75, 3.05) is 66.9 Å². The van der Waals surface area contributed by atoms with Gasteiger partial charge in [0.2, 0.25) is 23.6 Å². The van der Waals surface area contributed by atoms with Crippen LogP contribution >= 0.6 is 0 Å². The lowest BCUT2D eigenvalue weighted by molar-refractivity contribution is -0.135. The topological polar surface area (TPSA) is 173 Å². The standard InChI is InChI=1S/C52H59FN10O6/c1-54-49(66)33-7-4-8-34(29-33)55-51(68)47-45-39(59(3)57-47)17-16-38(46(45)53)37-15-14-36(62-24-6-11-44(62)65)30-32(37)13-12-31-20-25-60(26-21-31)35-22-27-61(28-23-35)40-9-5-10-41-48(40)58(2)52(69)63(41)42-18-19-43(64)56-50(42)67/h4-5,7-10,14-17,29-31,35,42,47,57H,6,11-13,18-28H2,1-3H3,(H,54,66)(H,55,68)(H,56,64,67). The van der Waals surface area contributed by atoms with Crippen molar-refractivity contribution in [3.63, 3.8) is 0 Å². The quantitative estimate of drug-likeness (QED) is 0.123. The lowest BCUT2D eigenvalue weighted by Gasteiger charge is -2.42. The van der Waals surface area contributed by atoms with Gasteiger partial charge in [-0.2, -0.15) is 0 Å². The van der Waals surface area contributed by atoms with E-state index in [4.69, 9.17) is 0 Å². The highest BCUT2D eigenvalue weighted by molar-refractivity contribution is 6.02. The summed E-state index contributed by atoms with van der Waals surface area (Å²) in [5.74, 6) is -1.43. The molecule has 0 radical (unpaired) electrons. The van der Waals surface area contributed by atoms with Crippen LogP contribution in [0.25, 0.3) is 22.2 Å². The summed E-state index contributed by atoms with van der Waals surface area (Å²) in [7, 11) is 5.04. The van der Waals surface area contributed by atoms with Crippen molar-refractivity contribution >= 4 is 63.3 Å². The summed E-state index contributed by atoms with van der Waals surface area (Å²) in [6, 6.07) is 20.7. The van der Waals surface area contributed by atoms with E-state index in [0.29, 0.717) is 65.8 Å². The van der Waals surface area contributed by atoms with Crippen LogP contribution in [-0.4, -0.2) is 96.4 Å². The van der Waals surface area contributed by atoms with E-state index in [1.165, 1.54) is 7.05 Å². The Hall–Kier alpha value is -6.85. The molecule has 4 saturated heterocycles. The molecule has 5 aromatic rings. The summed E-state index contributed by atoms with van der Waals surface area (Å²) in [6.07, 6.45) is 7.46. The maximum absolute atomic E-state index is 17.2. The van der Waals surface area contributed by atoms with Gasteiger partial charge in [-0.05, 0) is 136 Å². The molecule has 16 nitrogen and oxygen atoms in total. The van der Waals surface area contributed by atoms with Gasteiger partial charge in [-0.25, -0.2) is 14.6 Å². The van der Waals surface area contributed by atoms with Crippen LogP contribution in [-0.2, 0) is 32.6 Å². The first-order valence-electron chi connectivity index (χ1n) is 24.3. The number of anilines is 4. The first-order chi connectivity index (χ1) is 33.4. The van der Waals surface area contributed by atoms with E-state index in [1.807, 2.05) is 35.2 Å². The smallest absolute Gasteiger partial charge is 0.329 e. The van der Waals surface area contributed by atoms with Crippen LogP contribution in [0, 0.1) is 11.7 Å². The number of amides is 5. The van der Waals surface area contributed by atoms with Crippen LogP contribution in [0.5, 0.6) is 0 Å². The van der Waals surface area contributed by atoms with Gasteiger partial charge in [-0.15, -0.1) is 0 Å². The molecule has 5 amide bonds. The van der Waals surface area contributed by atoms with Gasteiger partial charge in [0.05, 0.1) is 22.4 Å². The van der Waals surface area contributed by atoms with E-state index in [0.717, 1.165) is 92.7 Å². The number of hydrogen-bond acceptors (Lipinski definition) is 10. The fourth-order valence-electron chi connectivity index (χ4n) is 11.5. The molecule has 4 N–H and O–H groups in total. The molecule has 2 atom stereocenters. The molecule has 10 rings (SSSR count). The summed E-state index contributed by atoms with van der Waals surface area (Å²) in [5.41, 5.74) is 9.85. The predicted molar refractivity (Wildman–Crippen MR) is 263 cm³/mol. The maximum Gasteiger partial charge on any atom is 0.329 e. The Morgan fingerprint density at radius 1 is 0.812 bits per heavy atom. The summed E-state index contributed by atoms with van der Waals surface area (Å²) in [5, 5.41) is 9.51. The molecule has 0 aliphatic carbocycles. The normalized spacial score (nSPS) is 20.5. The number of imidazole rings is 1. The third-order valence-corrected chi connectivity index (χ3v) is 15.2. The molecule has 0 saturated carbocycles. The average Bonchev–Trinajstić information content (AvgIpc) is 4.03. The van der Waals surface area contributed by atoms with Crippen molar-refractivity contribution in [3.8, 4) is 11.1 Å². The van der Waals surface area contributed by atoms with Gasteiger partial charge in [-0.1, -0.05) is 18.2 Å². The van der Waals surface area contributed by atoms with Gasteiger partial charge in [-0.3, -0.25) is 38.4 Å². The molecular weight excluding hydrogens is 880 g/mol. The zero-order valence-electron chi connectivity index (χ0n) is 39.4. The number of benzene rings is 4. The Labute approximate surface area is 399 Å². The van der Waals surface area contributed by atoms with Crippen LogP contribution in [0.4, 0.5) is 27.1 Å². The minimum atomic E-state index is -1.03. The van der Waals surface area contributed by atoms with E-state index in [-0.39, 0.29) is 35.4 Å². The second-order valence-corrected chi connectivity index (χ2v) is 19.2. The number of aryl methyl sites for hydroxylation is 2. The number of halogens is 1. The summed E-state index contributed by atoms with van der Waals surface area (Å²) in [4.78, 5) is 84.1. The van der Waals surface area contributed by atoms with Gasteiger partial charge in [0.25, 0.3) is 5.91 Å². The SMILES string of the molecule is CNC(=O)c1cccc(NC(=O)C2NN(C)c3ccc(-c4ccc(N5CCCC5=O)cc4CCC4CCN(C5CCN(c6cccc7c6n(C)c(=O)n7C6CCC(=O)NC6=O)CC5)CC4)c(F)c32)c1. The molecule has 5 aliphatic heterocycles. The van der Waals surface area contributed by atoms with Crippen molar-refractivity contribution in [1.29, 1.82) is 0 Å². The van der Waals surface area contributed by atoms with Crippen LogP contribution in [0.3, 0.4) is 0 Å². The molecule has 0 spiro atoms. The molecular formula is C52H59FN10O6. The van der Waals surface area contributed by atoms with E-state index in [2.05, 4.69) is 43.3 Å². The lowest BCUT2D eigenvalue weighted by atomic mass is 9.86. The Bertz CT molecular complexity index is 2930. The number of hydrazine groups is 1. The number of carbonyl (C=O) groups is 5. The number of aromatic nitrogens is 2. The Morgan fingerprint density at radius 2 is 1.58 bits per heavy atom. The van der Waals surface area contributed by atoms with Crippen LogP contribution in [0.15, 0.2) is 77.6 Å². The largest absolute Gasteiger partial charge is 0.370 e. The summed E-state index contributed by atoms with van der Waals surface area (Å²) >= 11 is 0. The fraction of sp³-hybridized carbons (Fsp3) is 0.423. The Morgan fingerprint density at radius 3 is 2.32 bits per heavy atom. The molecule has 4 aromatic carbocycles. The predicted octanol–water partition coefficient (Wildman–Crippen LogP) is 5.56. The van der Waals surface area contributed by atoms with E-state index >= 15 is 4.39 Å². The first kappa shape index (κ1) is 45.9. The summed E-state index contributed by atoms with van der Waals surface area (Å²) < 4.78 is 20.3. The number of fused-ring (bicyclic) bond motifs is 2. The first-order valence-corrected chi connectivity index (χ1v) is 24.3. The molecule has 0 bridgehead atoms. The molecule has 17 heteroatoms. The third kappa shape index (κ3) is 8.66. The molecule has 2 unspecified atom stereocenters. The molecule has 360 valence electrons. The number of nitrogens with one attached hydrogen (secondary N) is 4. The minimum absolute atomic E-state index is 0.0889. The monoisotopic (exact) mass is 938 g/mol. The van der Waals surface area contributed by atoms with E-state index in [9.17, 15) is 28.8 Å². The van der Waals surface area contributed by atoms with Gasteiger partial charge in [0.15, 0.2) is 0 Å². The van der Waals surface area contributed by atoms with Crippen molar-refractivity contribution in [1.82, 2.24) is 30.1 Å². The highest BCUT2D eigenvalue weighted by Gasteiger charge is 2.37. The van der Waals surface area contributed by atoms with Gasteiger partial charge < -0.3 is 30.3 Å². The lowest BCUT2D eigenvalue weighted by Crippen LogP contribution is -2.48. The van der Waals surface area contributed by atoms with Gasteiger partial charge in [0.1, 0.15) is 17.9 Å². The van der Waals surface area contributed by atoms with E-state index < -0.39 is 29.7 Å². The number of likely N-dealkylation sites (tertiary alicyclic amines) is 1.